The number of hydrogen-bond acceptors (Lipinski definition) is 5. The van der Waals surface area contributed by atoms with E-state index in [1.54, 1.807) is 6.92 Å². The summed E-state index contributed by atoms with van der Waals surface area (Å²) in [5.74, 6) is -1.23. The Morgan fingerprint density at radius 3 is 2.60 bits per heavy atom. The molecule has 1 fully saturated rings. The molecule has 9 heteroatoms. The van der Waals surface area contributed by atoms with Crippen molar-refractivity contribution in [2.24, 2.45) is 5.41 Å². The van der Waals surface area contributed by atoms with Crippen molar-refractivity contribution in [1.82, 2.24) is 10.6 Å². The monoisotopic (exact) mass is 308 g/mol. The Bertz CT molecular complexity index is 491. The third kappa shape index (κ3) is 4.34. The van der Waals surface area contributed by atoms with Crippen molar-refractivity contribution >= 4 is 21.8 Å². The van der Waals surface area contributed by atoms with Gasteiger partial charge in [-0.25, -0.2) is 13.2 Å². The van der Waals surface area contributed by atoms with Crippen LogP contribution in [0.4, 0.5) is 4.79 Å². The Kier molecular flexibility index (Phi) is 4.98. The first-order valence-electron chi connectivity index (χ1n) is 6.10. The molecule has 1 aliphatic heterocycles. The first-order valence-corrected chi connectivity index (χ1v) is 8.16. The largest absolute Gasteiger partial charge is 0.481 e. The van der Waals surface area contributed by atoms with Gasteiger partial charge in [0.2, 0.25) is 0 Å². The van der Waals surface area contributed by atoms with E-state index in [2.05, 4.69) is 10.6 Å². The van der Waals surface area contributed by atoms with Crippen molar-refractivity contribution in [3.8, 4) is 0 Å². The fraction of sp³-hybridized carbons (Fsp3) is 0.818. The third-order valence-corrected chi connectivity index (χ3v) is 4.29. The summed E-state index contributed by atoms with van der Waals surface area (Å²) in [6.45, 7) is 3.18. The van der Waals surface area contributed by atoms with Gasteiger partial charge in [-0.3, -0.25) is 4.79 Å². The van der Waals surface area contributed by atoms with E-state index in [0.717, 1.165) is 6.26 Å². The van der Waals surface area contributed by atoms with Crippen molar-refractivity contribution in [3.05, 3.63) is 0 Å². The molecule has 0 aliphatic carbocycles. The predicted molar refractivity (Wildman–Crippen MR) is 71.2 cm³/mol. The van der Waals surface area contributed by atoms with E-state index in [-0.39, 0.29) is 19.0 Å². The summed E-state index contributed by atoms with van der Waals surface area (Å²) < 4.78 is 27.3. The Labute approximate surface area is 117 Å². The fourth-order valence-electron chi connectivity index (χ4n) is 2.00. The molecule has 0 saturated carbocycles. The van der Waals surface area contributed by atoms with Gasteiger partial charge >= 0.3 is 12.0 Å². The number of carbonyl (C=O) groups is 2. The molecule has 116 valence electrons. The molecule has 0 radical (unpaired) electrons. The minimum absolute atomic E-state index is 0.0200. The summed E-state index contributed by atoms with van der Waals surface area (Å²) in [6.07, 6.45) is 1.08. The number of amides is 2. The second kappa shape index (κ2) is 5.96. The van der Waals surface area contributed by atoms with E-state index in [4.69, 9.17) is 9.84 Å². The molecule has 3 N–H and O–H groups in total. The van der Waals surface area contributed by atoms with Crippen molar-refractivity contribution in [3.63, 3.8) is 0 Å². The van der Waals surface area contributed by atoms with Crippen LogP contribution in [0.1, 0.15) is 13.8 Å². The highest BCUT2D eigenvalue weighted by Gasteiger charge is 2.47. The average molecular weight is 308 g/mol. The molecule has 3 atom stereocenters. The summed E-state index contributed by atoms with van der Waals surface area (Å²) in [7, 11) is -3.19. The molecule has 0 spiro atoms. The number of sulfone groups is 1. The van der Waals surface area contributed by atoms with Crippen LogP contribution in [0.2, 0.25) is 0 Å². The van der Waals surface area contributed by atoms with E-state index in [9.17, 15) is 18.0 Å². The SMILES string of the molecule is CC(CS(C)(=O)=O)NC(=O)NC1COCC1(C)C(=O)O. The lowest BCUT2D eigenvalue weighted by Gasteiger charge is -2.26. The molecule has 2 amide bonds. The lowest BCUT2D eigenvalue weighted by Crippen LogP contribution is -2.54. The normalized spacial score (nSPS) is 27.9. The van der Waals surface area contributed by atoms with Crippen molar-refractivity contribution in [1.29, 1.82) is 0 Å². The molecule has 0 aromatic heterocycles. The number of urea groups is 1. The van der Waals surface area contributed by atoms with Gasteiger partial charge in [0, 0.05) is 12.3 Å². The van der Waals surface area contributed by atoms with Gasteiger partial charge in [-0.05, 0) is 13.8 Å². The van der Waals surface area contributed by atoms with Crippen LogP contribution >= 0.6 is 0 Å². The lowest BCUT2D eigenvalue weighted by molar-refractivity contribution is -0.148. The zero-order valence-corrected chi connectivity index (χ0v) is 12.5. The first kappa shape index (κ1) is 16.7. The van der Waals surface area contributed by atoms with Gasteiger partial charge in [-0.2, -0.15) is 0 Å². The zero-order chi connectivity index (χ0) is 15.6. The van der Waals surface area contributed by atoms with Crippen LogP contribution in [-0.2, 0) is 19.4 Å². The van der Waals surface area contributed by atoms with E-state index < -0.39 is 39.3 Å². The topological polar surface area (TPSA) is 122 Å². The Morgan fingerprint density at radius 1 is 1.50 bits per heavy atom. The molecule has 0 bridgehead atoms. The number of carboxylic acid groups (broad SMARTS) is 1. The molecule has 8 nitrogen and oxygen atoms in total. The maximum atomic E-state index is 11.7. The molecular formula is C11H20N2O6S. The predicted octanol–water partition coefficient (Wildman–Crippen LogP) is -0.792. The van der Waals surface area contributed by atoms with Crippen LogP contribution in [0.3, 0.4) is 0 Å². The smallest absolute Gasteiger partial charge is 0.315 e. The highest BCUT2D eigenvalue weighted by molar-refractivity contribution is 7.90. The quantitative estimate of drug-likeness (QED) is 0.612. The Morgan fingerprint density at radius 2 is 2.10 bits per heavy atom. The van der Waals surface area contributed by atoms with E-state index in [1.807, 2.05) is 0 Å². The van der Waals surface area contributed by atoms with Crippen LogP contribution in [0.15, 0.2) is 0 Å². The van der Waals surface area contributed by atoms with Crippen LogP contribution in [-0.4, -0.2) is 62.8 Å². The molecule has 20 heavy (non-hydrogen) atoms. The number of ether oxygens (including phenoxy) is 1. The number of carbonyl (C=O) groups excluding carboxylic acids is 1. The highest BCUT2D eigenvalue weighted by Crippen LogP contribution is 2.28. The summed E-state index contributed by atoms with van der Waals surface area (Å²) in [5, 5.41) is 14.1. The molecule has 1 saturated heterocycles. The molecular weight excluding hydrogens is 288 g/mol. The van der Waals surface area contributed by atoms with Gasteiger partial charge in [-0.15, -0.1) is 0 Å². The Hall–Kier alpha value is -1.35. The average Bonchev–Trinajstić information content (AvgIpc) is 2.58. The highest BCUT2D eigenvalue weighted by atomic mass is 32.2. The minimum atomic E-state index is -3.19. The summed E-state index contributed by atoms with van der Waals surface area (Å²) >= 11 is 0. The molecule has 1 aliphatic rings. The van der Waals surface area contributed by atoms with Crippen molar-refractivity contribution < 1.29 is 27.9 Å². The second-order valence-electron chi connectivity index (χ2n) is 5.40. The summed E-state index contributed by atoms with van der Waals surface area (Å²) in [6, 6.07) is -1.84. The van der Waals surface area contributed by atoms with E-state index in [0.29, 0.717) is 0 Å². The van der Waals surface area contributed by atoms with Gasteiger partial charge < -0.3 is 20.5 Å². The standard InChI is InChI=1S/C11H20N2O6S/c1-7(5-20(3,17)18)12-10(16)13-8-4-19-6-11(8,2)9(14)15/h7-8H,4-6H2,1-3H3,(H,14,15)(H2,12,13,16). The van der Waals surface area contributed by atoms with Crippen LogP contribution < -0.4 is 10.6 Å². The number of hydrogen-bond donors (Lipinski definition) is 3. The molecule has 3 unspecified atom stereocenters. The number of carboxylic acids is 1. The van der Waals surface area contributed by atoms with Gasteiger partial charge in [0.05, 0.1) is 25.0 Å². The van der Waals surface area contributed by atoms with E-state index >= 15 is 0 Å². The van der Waals surface area contributed by atoms with Crippen LogP contribution in [0.25, 0.3) is 0 Å². The molecule has 1 rings (SSSR count). The van der Waals surface area contributed by atoms with Gasteiger partial charge in [0.25, 0.3) is 0 Å². The zero-order valence-electron chi connectivity index (χ0n) is 11.7. The van der Waals surface area contributed by atoms with Crippen molar-refractivity contribution in [2.75, 3.05) is 25.2 Å². The first-order chi connectivity index (χ1) is 9.04. The van der Waals surface area contributed by atoms with Gasteiger partial charge in [0.15, 0.2) is 0 Å². The van der Waals surface area contributed by atoms with Crippen LogP contribution in [0, 0.1) is 5.41 Å². The lowest BCUT2D eigenvalue weighted by atomic mass is 9.85. The molecule has 1 heterocycles. The Balaban J connectivity index is 2.56. The fourth-order valence-corrected chi connectivity index (χ4v) is 3.00. The maximum Gasteiger partial charge on any atom is 0.315 e. The maximum absolute atomic E-state index is 11.7. The summed E-state index contributed by atoms with van der Waals surface area (Å²) in [4.78, 5) is 22.9. The van der Waals surface area contributed by atoms with Crippen LogP contribution in [0.5, 0.6) is 0 Å². The molecule has 0 aromatic carbocycles. The number of aliphatic carboxylic acids is 1. The molecule has 0 aromatic rings. The third-order valence-electron chi connectivity index (χ3n) is 3.18. The van der Waals surface area contributed by atoms with Gasteiger partial charge in [-0.1, -0.05) is 0 Å². The second-order valence-corrected chi connectivity index (χ2v) is 7.59. The van der Waals surface area contributed by atoms with Crippen molar-refractivity contribution in [2.45, 2.75) is 25.9 Å². The van der Waals surface area contributed by atoms with E-state index in [1.165, 1.54) is 6.92 Å². The summed E-state index contributed by atoms with van der Waals surface area (Å²) in [5.41, 5.74) is -1.18. The minimum Gasteiger partial charge on any atom is -0.481 e. The number of rotatable bonds is 5. The van der Waals surface area contributed by atoms with Gasteiger partial charge in [0.1, 0.15) is 15.3 Å². The number of nitrogens with one attached hydrogen (secondary N) is 2.